The molecule has 1 nitrogen and oxygen atoms in total. The van der Waals surface area contributed by atoms with E-state index in [0.717, 1.165) is 12.8 Å². The highest BCUT2D eigenvalue weighted by Gasteiger charge is 2.18. The molecule has 0 amide bonds. The van der Waals surface area contributed by atoms with Gasteiger partial charge in [0.25, 0.3) is 0 Å². The number of likely N-dealkylation sites (N-methyl/N-ethyl adjacent to an activating group) is 1. The van der Waals surface area contributed by atoms with Crippen LogP contribution in [-0.2, 0) is 5.41 Å². The maximum Gasteiger partial charge on any atom is 0.0341 e. The van der Waals surface area contributed by atoms with Crippen molar-refractivity contribution >= 4 is 5.57 Å². The number of hydrogen-bond donors (Lipinski definition) is 0. The summed E-state index contributed by atoms with van der Waals surface area (Å²) in [6.07, 6.45) is 13.0. The van der Waals surface area contributed by atoms with Crippen molar-refractivity contribution < 1.29 is 0 Å². The first kappa shape index (κ1) is 21.7. The second-order valence-electron chi connectivity index (χ2n) is 9.24. The van der Waals surface area contributed by atoms with Crippen LogP contribution in [0.1, 0.15) is 77.8 Å². The van der Waals surface area contributed by atoms with Gasteiger partial charge in [0.2, 0.25) is 0 Å². The Morgan fingerprint density at radius 1 is 1.04 bits per heavy atom. The summed E-state index contributed by atoms with van der Waals surface area (Å²) in [5.41, 5.74) is 7.47. The molecule has 0 aliphatic heterocycles. The highest BCUT2D eigenvalue weighted by molar-refractivity contribution is 5.68. The van der Waals surface area contributed by atoms with E-state index in [2.05, 4.69) is 96.1 Å². The van der Waals surface area contributed by atoms with E-state index in [1.807, 2.05) is 0 Å². The fourth-order valence-corrected chi connectivity index (χ4v) is 3.87. The molecule has 0 aromatic heterocycles. The molecule has 0 fully saturated rings. The molecule has 27 heavy (non-hydrogen) atoms. The van der Waals surface area contributed by atoms with E-state index in [4.69, 9.17) is 0 Å². The van der Waals surface area contributed by atoms with E-state index < -0.39 is 0 Å². The van der Waals surface area contributed by atoms with E-state index in [1.165, 1.54) is 47.1 Å². The van der Waals surface area contributed by atoms with Crippen molar-refractivity contribution in [1.29, 1.82) is 0 Å². The zero-order valence-electron chi connectivity index (χ0n) is 18.6. The van der Waals surface area contributed by atoms with Gasteiger partial charge < -0.3 is 4.90 Å². The minimum absolute atomic E-state index is 0.210. The average Bonchev–Trinajstić information content (AvgIpc) is 2.60. The fourth-order valence-electron chi connectivity index (χ4n) is 3.87. The molecule has 0 saturated carbocycles. The SMILES string of the molecule is CCCCC(C1=C(C)CCC(c2ccc(C(C)(C)C)cc2)=CC=C1)N(C)C. The number of unbranched alkanes of at least 4 members (excludes halogenated alkanes) is 1. The molecule has 148 valence electrons. The van der Waals surface area contributed by atoms with Gasteiger partial charge in [-0.15, -0.1) is 0 Å². The lowest BCUT2D eigenvalue weighted by Gasteiger charge is -2.28. The summed E-state index contributed by atoms with van der Waals surface area (Å²) in [5, 5.41) is 0. The smallest absolute Gasteiger partial charge is 0.0341 e. The zero-order valence-corrected chi connectivity index (χ0v) is 18.6. The lowest BCUT2D eigenvalue weighted by atomic mass is 9.85. The van der Waals surface area contributed by atoms with E-state index in [-0.39, 0.29) is 5.41 Å². The highest BCUT2D eigenvalue weighted by Crippen LogP contribution is 2.30. The maximum atomic E-state index is 2.39. The van der Waals surface area contributed by atoms with Gasteiger partial charge in [0.15, 0.2) is 0 Å². The molecule has 2 rings (SSSR count). The summed E-state index contributed by atoms with van der Waals surface area (Å²) < 4.78 is 0. The number of benzene rings is 1. The first-order valence-electron chi connectivity index (χ1n) is 10.6. The van der Waals surface area contributed by atoms with Crippen LogP contribution in [0.2, 0.25) is 0 Å². The third kappa shape index (κ3) is 5.94. The Bertz CT molecular complexity index is 693. The number of hydrogen-bond acceptors (Lipinski definition) is 1. The molecule has 1 aliphatic rings. The average molecular weight is 366 g/mol. The van der Waals surface area contributed by atoms with Gasteiger partial charge in [0, 0.05) is 6.04 Å². The van der Waals surface area contributed by atoms with Gasteiger partial charge in [-0.2, -0.15) is 0 Å². The van der Waals surface area contributed by atoms with Gasteiger partial charge in [-0.1, -0.05) is 88.6 Å². The third-order valence-corrected chi connectivity index (χ3v) is 5.77. The van der Waals surface area contributed by atoms with Gasteiger partial charge >= 0.3 is 0 Å². The van der Waals surface area contributed by atoms with E-state index >= 15 is 0 Å². The molecule has 0 N–H and O–H groups in total. The molecule has 0 radical (unpaired) electrons. The molecule has 1 atom stereocenters. The summed E-state index contributed by atoms with van der Waals surface area (Å²) in [6.45, 7) is 11.4. The van der Waals surface area contributed by atoms with Crippen LogP contribution in [0, 0.1) is 0 Å². The van der Waals surface area contributed by atoms with E-state index in [0.29, 0.717) is 6.04 Å². The quantitative estimate of drug-likeness (QED) is 0.517. The first-order chi connectivity index (χ1) is 12.7. The minimum atomic E-state index is 0.210. The Labute approximate surface area is 167 Å². The largest absolute Gasteiger partial charge is 0.302 e. The van der Waals surface area contributed by atoms with Crippen molar-refractivity contribution in [2.75, 3.05) is 14.1 Å². The Morgan fingerprint density at radius 3 is 2.26 bits per heavy atom. The third-order valence-electron chi connectivity index (χ3n) is 5.77. The van der Waals surface area contributed by atoms with Crippen molar-refractivity contribution in [3.63, 3.8) is 0 Å². The molecule has 0 heterocycles. The van der Waals surface area contributed by atoms with Crippen molar-refractivity contribution in [1.82, 2.24) is 4.90 Å². The summed E-state index contributed by atoms with van der Waals surface area (Å²) >= 11 is 0. The maximum absolute atomic E-state index is 2.39. The second kappa shape index (κ2) is 9.55. The molecule has 1 unspecified atom stereocenters. The van der Waals surface area contributed by atoms with Crippen molar-refractivity contribution in [2.24, 2.45) is 0 Å². The normalized spacial score (nSPS) is 17.0. The van der Waals surface area contributed by atoms with Crippen molar-refractivity contribution in [3.05, 3.63) is 64.8 Å². The van der Waals surface area contributed by atoms with Crippen LogP contribution in [0.4, 0.5) is 0 Å². The fraction of sp³-hybridized carbons (Fsp3) is 0.538. The summed E-state index contributed by atoms with van der Waals surface area (Å²) in [7, 11) is 4.43. The molecular weight excluding hydrogens is 326 g/mol. The van der Waals surface area contributed by atoms with Crippen molar-refractivity contribution in [3.8, 4) is 0 Å². The number of nitrogens with zero attached hydrogens (tertiary/aromatic N) is 1. The predicted molar refractivity (Wildman–Crippen MR) is 121 cm³/mol. The summed E-state index contributed by atoms with van der Waals surface area (Å²) in [5.74, 6) is 0. The van der Waals surface area contributed by atoms with Crippen molar-refractivity contribution in [2.45, 2.75) is 78.2 Å². The Hall–Kier alpha value is -1.60. The Balaban J connectivity index is 2.23. The van der Waals surface area contributed by atoms with Crippen LogP contribution < -0.4 is 0 Å². The van der Waals surface area contributed by atoms with Gasteiger partial charge in [0.05, 0.1) is 0 Å². The molecule has 0 spiro atoms. The van der Waals surface area contributed by atoms with Crippen LogP contribution in [0.15, 0.2) is 53.6 Å². The highest BCUT2D eigenvalue weighted by atomic mass is 15.1. The topological polar surface area (TPSA) is 3.24 Å². The van der Waals surface area contributed by atoms with E-state index in [1.54, 1.807) is 0 Å². The second-order valence-corrected chi connectivity index (χ2v) is 9.24. The van der Waals surface area contributed by atoms with Gasteiger partial charge in [-0.25, -0.2) is 0 Å². The minimum Gasteiger partial charge on any atom is -0.302 e. The van der Waals surface area contributed by atoms with Crippen LogP contribution in [0.5, 0.6) is 0 Å². The standard InChI is InChI=1S/C26H39N/c1-8-9-13-25(27(6)7)24-12-10-11-21(15-14-20(24)2)22-16-18-23(19-17-22)26(3,4)5/h10-12,16-19,25H,8-9,13-15H2,1-7H3. The Kier molecular flexibility index (Phi) is 7.68. The zero-order chi connectivity index (χ0) is 20.0. The summed E-state index contributed by atoms with van der Waals surface area (Å²) in [6, 6.07) is 9.71. The monoisotopic (exact) mass is 365 g/mol. The van der Waals surface area contributed by atoms with Crippen LogP contribution in [0.3, 0.4) is 0 Å². The van der Waals surface area contributed by atoms with Gasteiger partial charge in [0.1, 0.15) is 0 Å². The number of rotatable bonds is 6. The van der Waals surface area contributed by atoms with Crippen LogP contribution in [-0.4, -0.2) is 25.0 Å². The molecular formula is C26H39N. The first-order valence-corrected chi connectivity index (χ1v) is 10.6. The van der Waals surface area contributed by atoms with E-state index in [9.17, 15) is 0 Å². The molecule has 1 aromatic carbocycles. The lowest BCUT2D eigenvalue weighted by molar-refractivity contribution is 0.311. The molecule has 1 heteroatoms. The van der Waals surface area contributed by atoms with Crippen LogP contribution >= 0.6 is 0 Å². The summed E-state index contributed by atoms with van der Waals surface area (Å²) in [4.78, 5) is 2.39. The lowest BCUT2D eigenvalue weighted by Crippen LogP contribution is -2.30. The van der Waals surface area contributed by atoms with Gasteiger partial charge in [-0.3, -0.25) is 0 Å². The predicted octanol–water partition coefficient (Wildman–Crippen LogP) is 7.15. The molecule has 1 aromatic rings. The Morgan fingerprint density at radius 2 is 1.70 bits per heavy atom. The molecule has 0 bridgehead atoms. The van der Waals surface area contributed by atoms with Crippen LogP contribution in [0.25, 0.3) is 5.57 Å². The number of allylic oxidation sites excluding steroid dienone is 4. The molecule has 0 saturated heterocycles. The molecule has 1 aliphatic carbocycles. The van der Waals surface area contributed by atoms with Gasteiger partial charge in [-0.05, 0) is 68.0 Å².